The molecule has 0 spiro atoms. The molecule has 106 valence electrons. The summed E-state index contributed by atoms with van der Waals surface area (Å²) < 4.78 is 6.81. The van der Waals surface area contributed by atoms with Crippen molar-refractivity contribution in [1.29, 1.82) is 0 Å². The number of anilines is 1. The smallest absolute Gasteiger partial charge is 0.359 e. The summed E-state index contributed by atoms with van der Waals surface area (Å²) in [5.74, 6) is 0.646. The Morgan fingerprint density at radius 3 is 2.63 bits per heavy atom. The second-order valence-electron chi connectivity index (χ2n) is 5.02. The molecule has 2 rings (SSSR count). The first kappa shape index (κ1) is 13.9. The zero-order chi connectivity index (χ0) is 13.8. The highest BCUT2D eigenvalue weighted by Gasteiger charge is 2.29. The molecule has 1 aliphatic rings. The first-order valence-corrected chi connectivity index (χ1v) is 7.22. The van der Waals surface area contributed by atoms with E-state index in [0.29, 0.717) is 30.6 Å². The number of nitrogens with zero attached hydrogens (tertiary/aromatic N) is 2. The number of aryl methyl sites for hydroxylation is 1. The predicted molar refractivity (Wildman–Crippen MR) is 74.1 cm³/mol. The van der Waals surface area contributed by atoms with Gasteiger partial charge in [-0.25, -0.2) is 9.48 Å². The number of nitrogen functional groups attached to an aromatic ring is 1. The summed E-state index contributed by atoms with van der Waals surface area (Å²) in [5.41, 5.74) is 7.51. The molecule has 0 radical (unpaired) electrons. The van der Waals surface area contributed by atoms with Crippen LogP contribution in [0.1, 0.15) is 67.9 Å². The Hall–Kier alpha value is -1.52. The molecule has 19 heavy (non-hydrogen) atoms. The van der Waals surface area contributed by atoms with Crippen molar-refractivity contribution >= 4 is 11.8 Å². The molecule has 2 N–H and O–H groups in total. The third-order valence-corrected chi connectivity index (χ3v) is 3.81. The summed E-state index contributed by atoms with van der Waals surface area (Å²) >= 11 is 0. The summed E-state index contributed by atoms with van der Waals surface area (Å²) in [6.07, 6.45) is 5.85. The Kier molecular flexibility index (Phi) is 4.45. The van der Waals surface area contributed by atoms with E-state index in [1.807, 2.05) is 6.92 Å². The first-order chi connectivity index (χ1) is 9.19. The Balaban J connectivity index is 2.37. The number of rotatable bonds is 4. The third-order valence-electron chi connectivity index (χ3n) is 3.81. The molecule has 0 unspecified atom stereocenters. The molecule has 0 saturated heterocycles. The highest BCUT2D eigenvalue weighted by atomic mass is 16.5. The Bertz CT molecular complexity index is 448. The van der Waals surface area contributed by atoms with Gasteiger partial charge >= 0.3 is 5.97 Å². The van der Waals surface area contributed by atoms with E-state index in [4.69, 9.17) is 10.5 Å². The van der Waals surface area contributed by atoms with Crippen LogP contribution in [-0.2, 0) is 11.3 Å². The average Bonchev–Trinajstić information content (AvgIpc) is 2.77. The minimum atomic E-state index is -0.345. The van der Waals surface area contributed by atoms with Crippen LogP contribution in [0.5, 0.6) is 0 Å². The fourth-order valence-electron chi connectivity index (χ4n) is 2.87. The summed E-state index contributed by atoms with van der Waals surface area (Å²) in [6.45, 7) is 4.81. The minimum Gasteiger partial charge on any atom is -0.461 e. The first-order valence-electron chi connectivity index (χ1n) is 7.22. The average molecular weight is 265 g/mol. The third kappa shape index (κ3) is 2.74. The molecule has 5 nitrogen and oxygen atoms in total. The predicted octanol–water partition coefficient (Wildman–Crippen LogP) is 2.71. The summed E-state index contributed by atoms with van der Waals surface area (Å²) in [5, 5.41) is 4.34. The van der Waals surface area contributed by atoms with Crippen LogP contribution in [-0.4, -0.2) is 22.4 Å². The highest BCUT2D eigenvalue weighted by Crippen LogP contribution is 2.37. The van der Waals surface area contributed by atoms with Crippen molar-refractivity contribution in [2.45, 2.75) is 58.4 Å². The maximum atomic E-state index is 12.0. The number of aromatic nitrogens is 2. The lowest BCUT2D eigenvalue weighted by Crippen LogP contribution is -2.13. The lowest BCUT2D eigenvalue weighted by molar-refractivity contribution is 0.0516. The van der Waals surface area contributed by atoms with E-state index in [2.05, 4.69) is 5.10 Å². The van der Waals surface area contributed by atoms with Crippen molar-refractivity contribution in [3.05, 3.63) is 11.3 Å². The van der Waals surface area contributed by atoms with E-state index in [1.54, 1.807) is 11.6 Å². The number of carbonyl (C=O) groups is 1. The van der Waals surface area contributed by atoms with Gasteiger partial charge in [-0.3, -0.25) is 0 Å². The molecule has 1 aromatic rings. The van der Waals surface area contributed by atoms with Crippen LogP contribution in [0.3, 0.4) is 0 Å². The maximum Gasteiger partial charge on any atom is 0.359 e. The van der Waals surface area contributed by atoms with Gasteiger partial charge in [0.15, 0.2) is 5.69 Å². The van der Waals surface area contributed by atoms with Gasteiger partial charge in [-0.2, -0.15) is 5.10 Å². The second kappa shape index (κ2) is 6.08. The quantitative estimate of drug-likeness (QED) is 0.850. The zero-order valence-electron chi connectivity index (χ0n) is 11.8. The highest BCUT2D eigenvalue weighted by molar-refractivity contribution is 5.90. The van der Waals surface area contributed by atoms with E-state index >= 15 is 0 Å². The van der Waals surface area contributed by atoms with Crippen molar-refractivity contribution in [2.75, 3.05) is 12.3 Å². The van der Waals surface area contributed by atoms with Gasteiger partial charge in [0.05, 0.1) is 6.61 Å². The van der Waals surface area contributed by atoms with E-state index < -0.39 is 0 Å². The summed E-state index contributed by atoms with van der Waals surface area (Å²) in [4.78, 5) is 12.0. The van der Waals surface area contributed by atoms with Gasteiger partial charge in [0.1, 0.15) is 5.82 Å². The van der Waals surface area contributed by atoms with Gasteiger partial charge < -0.3 is 10.5 Å². The van der Waals surface area contributed by atoms with Gasteiger partial charge in [-0.1, -0.05) is 19.3 Å². The van der Waals surface area contributed by atoms with Crippen LogP contribution in [0.15, 0.2) is 0 Å². The Morgan fingerprint density at radius 2 is 2.05 bits per heavy atom. The molecule has 0 amide bonds. The molecule has 5 heteroatoms. The van der Waals surface area contributed by atoms with Crippen molar-refractivity contribution < 1.29 is 9.53 Å². The monoisotopic (exact) mass is 265 g/mol. The van der Waals surface area contributed by atoms with Crippen LogP contribution in [0.2, 0.25) is 0 Å². The number of hydrogen-bond acceptors (Lipinski definition) is 4. The minimum absolute atomic E-state index is 0.345. The molecule has 0 aromatic carbocycles. The van der Waals surface area contributed by atoms with Crippen LogP contribution in [0.25, 0.3) is 0 Å². The standard InChI is InChI=1S/C14H23N3O2/c1-3-17-13(15)11(10-8-6-5-7-9-10)12(16-17)14(18)19-4-2/h10H,3-9,15H2,1-2H3. The molecule has 1 aromatic heterocycles. The molecular weight excluding hydrogens is 242 g/mol. The molecule has 1 aliphatic carbocycles. The lowest BCUT2D eigenvalue weighted by atomic mass is 9.83. The molecule has 1 heterocycles. The fourth-order valence-corrected chi connectivity index (χ4v) is 2.87. The van der Waals surface area contributed by atoms with Crippen molar-refractivity contribution in [1.82, 2.24) is 9.78 Å². The number of esters is 1. The van der Waals surface area contributed by atoms with E-state index in [1.165, 1.54) is 19.3 Å². The topological polar surface area (TPSA) is 70.1 Å². The SMILES string of the molecule is CCOC(=O)c1nn(CC)c(N)c1C1CCCCC1. The maximum absolute atomic E-state index is 12.0. The van der Waals surface area contributed by atoms with E-state index in [9.17, 15) is 4.79 Å². The largest absolute Gasteiger partial charge is 0.461 e. The van der Waals surface area contributed by atoms with Gasteiger partial charge in [0.25, 0.3) is 0 Å². The van der Waals surface area contributed by atoms with Gasteiger partial charge in [0.2, 0.25) is 0 Å². The zero-order valence-corrected chi connectivity index (χ0v) is 11.8. The van der Waals surface area contributed by atoms with Crippen LogP contribution >= 0.6 is 0 Å². The molecule has 0 atom stereocenters. The van der Waals surface area contributed by atoms with Crippen LogP contribution in [0, 0.1) is 0 Å². The van der Waals surface area contributed by atoms with E-state index in [-0.39, 0.29) is 5.97 Å². The van der Waals surface area contributed by atoms with Crippen LogP contribution in [0.4, 0.5) is 5.82 Å². The Labute approximate surface area is 114 Å². The van der Waals surface area contributed by atoms with Crippen molar-refractivity contribution in [2.24, 2.45) is 0 Å². The number of nitrogens with two attached hydrogens (primary N) is 1. The number of ether oxygens (including phenoxy) is 1. The second-order valence-corrected chi connectivity index (χ2v) is 5.02. The summed E-state index contributed by atoms with van der Waals surface area (Å²) in [6, 6.07) is 0. The van der Waals surface area contributed by atoms with Gasteiger partial charge in [-0.05, 0) is 32.6 Å². The number of hydrogen-bond donors (Lipinski definition) is 1. The Morgan fingerprint density at radius 1 is 1.37 bits per heavy atom. The molecule has 1 saturated carbocycles. The molecule has 0 aliphatic heterocycles. The van der Waals surface area contributed by atoms with Crippen LogP contribution < -0.4 is 5.73 Å². The fraction of sp³-hybridized carbons (Fsp3) is 0.714. The van der Waals surface area contributed by atoms with Crippen molar-refractivity contribution in [3.8, 4) is 0 Å². The number of carbonyl (C=O) groups excluding carboxylic acids is 1. The lowest BCUT2D eigenvalue weighted by Gasteiger charge is -2.22. The summed E-state index contributed by atoms with van der Waals surface area (Å²) in [7, 11) is 0. The molecule has 0 bridgehead atoms. The van der Waals surface area contributed by atoms with Gasteiger partial charge in [0, 0.05) is 12.1 Å². The molecule has 1 fully saturated rings. The van der Waals surface area contributed by atoms with Gasteiger partial charge in [-0.15, -0.1) is 0 Å². The van der Waals surface area contributed by atoms with Crippen molar-refractivity contribution in [3.63, 3.8) is 0 Å². The molecular formula is C14H23N3O2. The van der Waals surface area contributed by atoms with E-state index in [0.717, 1.165) is 18.4 Å². The normalized spacial score (nSPS) is 16.5.